The normalized spacial score (nSPS) is 21.7. The predicted molar refractivity (Wildman–Crippen MR) is 129 cm³/mol. The molecule has 0 aromatic carbocycles. The third kappa shape index (κ3) is 5.48. The maximum atomic E-state index is 13.1. The summed E-state index contributed by atoms with van der Waals surface area (Å²) in [6.45, 7) is 11.8. The highest BCUT2D eigenvalue weighted by molar-refractivity contribution is 6.38. The third-order valence-electron chi connectivity index (χ3n) is 7.94. The van der Waals surface area contributed by atoms with Gasteiger partial charge in [-0.2, -0.15) is 0 Å². The van der Waals surface area contributed by atoms with E-state index in [4.69, 9.17) is 4.42 Å². The Morgan fingerprint density at radius 2 is 1.11 bits per heavy atom. The fraction of sp³-hybridized carbons (Fsp3) is 0.769. The smallest absolute Gasteiger partial charge is 0.291 e. The molecule has 2 saturated heterocycles. The zero-order chi connectivity index (χ0) is 26.0. The summed E-state index contributed by atoms with van der Waals surface area (Å²) in [6.07, 6.45) is 5.78. The van der Waals surface area contributed by atoms with Gasteiger partial charge in [0.25, 0.3) is 11.8 Å². The van der Waals surface area contributed by atoms with Crippen molar-refractivity contribution < 1.29 is 23.6 Å². The highest BCUT2D eigenvalue weighted by Gasteiger charge is 2.42. The van der Waals surface area contributed by atoms with Crippen LogP contribution in [0.4, 0.5) is 0 Å². The van der Waals surface area contributed by atoms with Gasteiger partial charge in [-0.15, -0.1) is 10.2 Å². The lowest BCUT2D eigenvalue weighted by atomic mass is 9.84. The number of Topliss-reactive ketones (excluding diaryl/α,β-unsaturated/α-hetero) is 2. The lowest BCUT2D eigenvalue weighted by Crippen LogP contribution is -2.46. The number of likely N-dealkylation sites (tertiary alicyclic amines) is 2. The van der Waals surface area contributed by atoms with E-state index in [1.807, 2.05) is 13.8 Å². The Labute approximate surface area is 208 Å². The molecule has 3 rings (SSSR count). The van der Waals surface area contributed by atoms with Gasteiger partial charge < -0.3 is 14.2 Å². The third-order valence-corrected chi connectivity index (χ3v) is 7.94. The van der Waals surface area contributed by atoms with E-state index in [9.17, 15) is 19.2 Å². The Morgan fingerprint density at radius 3 is 1.46 bits per heavy atom. The zero-order valence-corrected chi connectivity index (χ0v) is 22.1. The molecule has 0 bridgehead atoms. The first-order valence-electron chi connectivity index (χ1n) is 13.0. The largest absolute Gasteiger partial charge is 0.421 e. The van der Waals surface area contributed by atoms with Crippen molar-refractivity contribution in [2.24, 2.45) is 10.8 Å². The van der Waals surface area contributed by atoms with Crippen molar-refractivity contribution in [3.8, 4) is 0 Å². The summed E-state index contributed by atoms with van der Waals surface area (Å²) in [4.78, 5) is 55.2. The lowest BCUT2D eigenvalue weighted by Gasteiger charge is -2.35. The summed E-state index contributed by atoms with van der Waals surface area (Å²) >= 11 is 0. The van der Waals surface area contributed by atoms with Crippen LogP contribution in [0.5, 0.6) is 0 Å². The number of carbonyl (C=O) groups is 4. The zero-order valence-electron chi connectivity index (χ0n) is 22.1. The molecule has 0 radical (unpaired) electrons. The molecule has 2 fully saturated rings. The van der Waals surface area contributed by atoms with Gasteiger partial charge in [0.1, 0.15) is 12.1 Å². The van der Waals surface area contributed by atoms with E-state index in [-0.39, 0.29) is 11.8 Å². The summed E-state index contributed by atoms with van der Waals surface area (Å²) in [5.41, 5.74) is -1.47. The van der Waals surface area contributed by atoms with E-state index in [0.29, 0.717) is 38.8 Å². The van der Waals surface area contributed by atoms with Gasteiger partial charge in [-0.25, -0.2) is 0 Å². The van der Waals surface area contributed by atoms with Crippen LogP contribution in [0, 0.1) is 10.8 Å². The molecule has 2 atom stereocenters. The number of aromatic nitrogens is 2. The number of carbonyl (C=O) groups excluding carboxylic acids is 4. The van der Waals surface area contributed by atoms with Gasteiger partial charge in [0, 0.05) is 23.9 Å². The number of piperidine rings is 2. The summed E-state index contributed by atoms with van der Waals surface area (Å²) in [5, 5.41) is 8.50. The van der Waals surface area contributed by atoms with Crippen molar-refractivity contribution in [1.82, 2.24) is 20.0 Å². The Morgan fingerprint density at radius 1 is 0.743 bits per heavy atom. The molecule has 1 aromatic heterocycles. The average Bonchev–Trinajstić information content (AvgIpc) is 3.36. The summed E-state index contributed by atoms with van der Waals surface area (Å²) in [5.74, 6) is -1.27. The second kappa shape index (κ2) is 10.6. The van der Waals surface area contributed by atoms with Crippen LogP contribution in [0.25, 0.3) is 0 Å². The second-order valence-corrected chi connectivity index (χ2v) is 11.1. The molecule has 9 heteroatoms. The minimum absolute atomic E-state index is 0.286. The van der Waals surface area contributed by atoms with E-state index in [0.717, 1.165) is 25.7 Å². The number of nitrogens with zero attached hydrogens (tertiary/aromatic N) is 4. The first kappa shape index (κ1) is 27.0. The first-order chi connectivity index (χ1) is 16.4. The highest BCUT2D eigenvalue weighted by atomic mass is 16.4. The highest BCUT2D eigenvalue weighted by Crippen LogP contribution is 2.36. The predicted octanol–water partition coefficient (Wildman–Crippen LogP) is 4.19. The average molecular weight is 489 g/mol. The Balaban J connectivity index is 1.84. The monoisotopic (exact) mass is 488 g/mol. The molecule has 0 N–H and O–H groups in total. The number of ketones is 2. The van der Waals surface area contributed by atoms with Crippen LogP contribution < -0.4 is 0 Å². The Bertz CT molecular complexity index is 892. The number of amides is 2. The molecule has 2 aliphatic heterocycles. The lowest BCUT2D eigenvalue weighted by molar-refractivity contribution is -0.152. The van der Waals surface area contributed by atoms with Crippen molar-refractivity contribution in [3.63, 3.8) is 0 Å². The van der Waals surface area contributed by atoms with Gasteiger partial charge in [-0.05, 0) is 51.4 Å². The fourth-order valence-electron chi connectivity index (χ4n) is 4.54. The molecule has 2 unspecified atom stereocenters. The van der Waals surface area contributed by atoms with Crippen molar-refractivity contribution in [3.05, 3.63) is 11.8 Å². The number of rotatable bonds is 8. The molecule has 35 heavy (non-hydrogen) atoms. The molecule has 1 aromatic rings. The molecule has 3 heterocycles. The van der Waals surface area contributed by atoms with Gasteiger partial charge >= 0.3 is 0 Å². The molecular weight excluding hydrogens is 448 g/mol. The van der Waals surface area contributed by atoms with Gasteiger partial charge in [0.2, 0.25) is 23.3 Å². The minimum atomic E-state index is -0.735. The van der Waals surface area contributed by atoms with E-state index in [1.165, 1.54) is 0 Å². The van der Waals surface area contributed by atoms with Crippen molar-refractivity contribution in [2.75, 3.05) is 13.1 Å². The van der Waals surface area contributed by atoms with Gasteiger partial charge in [-0.3, -0.25) is 19.2 Å². The number of hydrogen-bond acceptors (Lipinski definition) is 7. The van der Waals surface area contributed by atoms with E-state index >= 15 is 0 Å². The SMILES string of the molecule is CCC(C)(C)C(=O)C(=O)N1CCCCC1c1nnc(C2CCCCN2C(=O)C(=O)C(C)(C)CC)o1. The Hall–Kier alpha value is -2.58. The minimum Gasteiger partial charge on any atom is -0.421 e. The van der Waals surface area contributed by atoms with Crippen molar-refractivity contribution in [2.45, 2.75) is 105 Å². The van der Waals surface area contributed by atoms with Crippen molar-refractivity contribution in [1.29, 1.82) is 0 Å². The van der Waals surface area contributed by atoms with Gasteiger partial charge in [0.15, 0.2) is 0 Å². The molecule has 194 valence electrons. The van der Waals surface area contributed by atoms with E-state index in [2.05, 4.69) is 10.2 Å². The molecule has 2 amide bonds. The van der Waals surface area contributed by atoms with Crippen LogP contribution in [-0.2, 0) is 19.2 Å². The van der Waals surface area contributed by atoms with Crippen molar-refractivity contribution >= 4 is 23.4 Å². The standard InChI is InChI=1S/C26H40N4O5/c1-7-25(3,4)19(31)23(33)29-15-11-9-13-17(29)21-27-28-22(35-21)18-14-10-12-16-30(18)24(34)20(32)26(5,6)8-2/h17-18H,7-16H2,1-6H3. The van der Waals surface area contributed by atoms with Crippen LogP contribution >= 0.6 is 0 Å². The fourth-order valence-corrected chi connectivity index (χ4v) is 4.54. The summed E-state index contributed by atoms with van der Waals surface area (Å²) < 4.78 is 6.07. The molecule has 2 aliphatic rings. The molecule has 0 saturated carbocycles. The Kier molecular flexibility index (Phi) is 8.17. The van der Waals surface area contributed by atoms with Crippen LogP contribution in [0.1, 0.15) is 117 Å². The second-order valence-electron chi connectivity index (χ2n) is 11.1. The van der Waals surface area contributed by atoms with Crippen LogP contribution in [0.2, 0.25) is 0 Å². The topological polar surface area (TPSA) is 114 Å². The summed E-state index contributed by atoms with van der Waals surface area (Å²) in [6, 6.07) is -0.940. The first-order valence-corrected chi connectivity index (χ1v) is 13.0. The van der Waals surface area contributed by atoms with Crippen LogP contribution in [0.15, 0.2) is 4.42 Å². The van der Waals surface area contributed by atoms with Gasteiger partial charge in [0.05, 0.1) is 0 Å². The molecular formula is C26H40N4O5. The number of hydrogen-bond donors (Lipinski definition) is 0. The van der Waals surface area contributed by atoms with Crippen LogP contribution in [0.3, 0.4) is 0 Å². The van der Waals surface area contributed by atoms with Crippen LogP contribution in [-0.4, -0.2) is 56.5 Å². The quantitative estimate of drug-likeness (QED) is 0.504. The summed E-state index contributed by atoms with van der Waals surface area (Å²) in [7, 11) is 0. The maximum Gasteiger partial charge on any atom is 0.291 e. The molecule has 9 nitrogen and oxygen atoms in total. The molecule has 0 aliphatic carbocycles. The molecule has 0 spiro atoms. The maximum absolute atomic E-state index is 13.1. The van der Waals surface area contributed by atoms with Gasteiger partial charge in [-0.1, -0.05) is 41.5 Å². The van der Waals surface area contributed by atoms with E-state index in [1.54, 1.807) is 37.5 Å². The van der Waals surface area contributed by atoms with E-state index < -0.39 is 46.3 Å².